The molecule has 0 radical (unpaired) electrons. The summed E-state index contributed by atoms with van der Waals surface area (Å²) in [6, 6.07) is 38.5. The molecule has 0 spiro atoms. The fourth-order valence-electron chi connectivity index (χ4n) is 5.07. The maximum atomic E-state index is 12.1. The van der Waals surface area contributed by atoms with Crippen molar-refractivity contribution in [1.29, 1.82) is 0 Å². The Bertz CT molecular complexity index is 1790. The van der Waals surface area contributed by atoms with Crippen molar-refractivity contribution < 1.29 is 23.9 Å². The van der Waals surface area contributed by atoms with Gasteiger partial charge in [0, 0.05) is 24.1 Å². The van der Waals surface area contributed by atoms with Gasteiger partial charge in [0.1, 0.15) is 37.1 Å². The minimum absolute atomic E-state index is 0.0887. The number of fused-ring (bicyclic) bond motifs is 1. The van der Waals surface area contributed by atoms with Crippen LogP contribution in [0, 0.1) is 17.0 Å². The monoisotopic (exact) mass is 585 g/mol. The van der Waals surface area contributed by atoms with Crippen LogP contribution < -0.4 is 14.2 Å². The zero-order chi connectivity index (χ0) is 30.3. The van der Waals surface area contributed by atoms with Gasteiger partial charge in [0.15, 0.2) is 5.76 Å². The summed E-state index contributed by atoms with van der Waals surface area (Å²) >= 11 is 0. The fraction of sp³-hybridized carbons (Fsp3) is 0.135. The Hall–Kier alpha value is -5.56. The van der Waals surface area contributed by atoms with Crippen LogP contribution in [0.5, 0.6) is 17.2 Å². The second-order valence-electron chi connectivity index (χ2n) is 10.5. The molecule has 0 atom stereocenters. The SMILES string of the molecule is Cc1cc2c(c([N+](=O)[O-])c1)OC(c1ccc(OCc3ccccc3)cc1OCc1ccccc1)=C(OCc1ccccc1)C2. The molecule has 6 rings (SSSR count). The number of ether oxygens (including phenoxy) is 4. The molecule has 5 aromatic carbocycles. The Morgan fingerprint density at radius 1 is 0.705 bits per heavy atom. The number of allylic oxidation sites excluding steroid dienone is 1. The maximum Gasteiger partial charge on any atom is 0.312 e. The molecule has 7 nitrogen and oxygen atoms in total. The van der Waals surface area contributed by atoms with Gasteiger partial charge in [-0.3, -0.25) is 10.1 Å². The van der Waals surface area contributed by atoms with E-state index in [-0.39, 0.29) is 11.4 Å². The molecule has 0 aliphatic carbocycles. The number of hydrogen-bond donors (Lipinski definition) is 0. The summed E-state index contributed by atoms with van der Waals surface area (Å²) in [5.41, 5.74) is 5.01. The van der Waals surface area contributed by atoms with Gasteiger partial charge >= 0.3 is 5.69 Å². The third kappa shape index (κ3) is 6.73. The lowest BCUT2D eigenvalue weighted by molar-refractivity contribution is -0.385. The van der Waals surface area contributed by atoms with Gasteiger partial charge in [0.2, 0.25) is 5.75 Å². The van der Waals surface area contributed by atoms with Crippen LogP contribution >= 0.6 is 0 Å². The Kier molecular flexibility index (Phi) is 8.55. The number of benzene rings is 5. The van der Waals surface area contributed by atoms with Crippen molar-refractivity contribution in [2.45, 2.75) is 33.2 Å². The third-order valence-electron chi connectivity index (χ3n) is 7.23. The van der Waals surface area contributed by atoms with E-state index in [1.165, 1.54) is 6.07 Å². The average Bonchev–Trinajstić information content (AvgIpc) is 3.06. The second kappa shape index (κ2) is 13.2. The maximum absolute atomic E-state index is 12.1. The molecule has 1 heterocycles. The first kappa shape index (κ1) is 28.6. The van der Waals surface area contributed by atoms with E-state index in [9.17, 15) is 10.1 Å². The zero-order valence-electron chi connectivity index (χ0n) is 24.3. The number of hydrogen-bond acceptors (Lipinski definition) is 6. The van der Waals surface area contributed by atoms with Crippen molar-refractivity contribution in [2.24, 2.45) is 0 Å². The van der Waals surface area contributed by atoms with E-state index in [1.807, 2.05) is 122 Å². The first-order chi connectivity index (χ1) is 21.5. The van der Waals surface area contributed by atoms with E-state index in [0.717, 1.165) is 22.3 Å². The molecule has 220 valence electrons. The molecule has 0 N–H and O–H groups in total. The van der Waals surface area contributed by atoms with Crippen LogP contribution in [0.2, 0.25) is 0 Å². The Morgan fingerprint density at radius 2 is 1.27 bits per heavy atom. The van der Waals surface area contributed by atoms with E-state index in [4.69, 9.17) is 18.9 Å². The smallest absolute Gasteiger partial charge is 0.312 e. The third-order valence-corrected chi connectivity index (χ3v) is 7.23. The minimum atomic E-state index is -0.410. The van der Waals surface area contributed by atoms with Crippen molar-refractivity contribution in [3.63, 3.8) is 0 Å². The van der Waals surface area contributed by atoms with E-state index in [1.54, 1.807) is 0 Å². The summed E-state index contributed by atoms with van der Waals surface area (Å²) < 4.78 is 25.3. The average molecular weight is 586 g/mol. The van der Waals surface area contributed by atoms with E-state index >= 15 is 0 Å². The van der Waals surface area contributed by atoms with Gasteiger partial charge in [-0.15, -0.1) is 0 Å². The molecule has 7 heteroatoms. The van der Waals surface area contributed by atoms with E-state index < -0.39 is 4.92 Å². The predicted molar refractivity (Wildman–Crippen MR) is 168 cm³/mol. The molecule has 0 fully saturated rings. The molecule has 1 aliphatic rings. The highest BCUT2D eigenvalue weighted by Crippen LogP contribution is 2.44. The van der Waals surface area contributed by atoms with Crippen LogP contribution in [0.25, 0.3) is 5.76 Å². The first-order valence-electron chi connectivity index (χ1n) is 14.4. The number of nitrogens with zero attached hydrogens (tertiary/aromatic N) is 1. The molecule has 0 saturated heterocycles. The van der Waals surface area contributed by atoms with E-state index in [2.05, 4.69) is 0 Å². The molecule has 44 heavy (non-hydrogen) atoms. The Labute approximate surface area is 256 Å². The molecule has 0 bridgehead atoms. The molecule has 0 unspecified atom stereocenters. The first-order valence-corrected chi connectivity index (χ1v) is 14.4. The summed E-state index contributed by atoms with van der Waals surface area (Å²) in [4.78, 5) is 11.6. The van der Waals surface area contributed by atoms with Crippen molar-refractivity contribution in [3.05, 3.63) is 171 Å². The topological polar surface area (TPSA) is 80.1 Å². The molecular formula is C37H31NO6. The van der Waals surface area contributed by atoms with Gasteiger partial charge < -0.3 is 18.9 Å². The van der Waals surface area contributed by atoms with Crippen molar-refractivity contribution in [3.8, 4) is 17.2 Å². The molecule has 5 aromatic rings. The highest BCUT2D eigenvalue weighted by Gasteiger charge is 2.31. The van der Waals surface area contributed by atoms with E-state index in [0.29, 0.717) is 60.4 Å². The molecule has 0 amide bonds. The van der Waals surface area contributed by atoms with Crippen molar-refractivity contribution in [1.82, 2.24) is 0 Å². The van der Waals surface area contributed by atoms with Crippen molar-refractivity contribution >= 4 is 11.4 Å². The minimum Gasteiger partial charge on any atom is -0.489 e. The van der Waals surface area contributed by atoms with Gasteiger partial charge in [-0.25, -0.2) is 0 Å². The predicted octanol–water partition coefficient (Wildman–Crippen LogP) is 8.58. The van der Waals surface area contributed by atoms with Gasteiger partial charge in [-0.2, -0.15) is 0 Å². The van der Waals surface area contributed by atoms with Gasteiger partial charge in [0.05, 0.1) is 10.5 Å². The van der Waals surface area contributed by atoms with Gasteiger partial charge in [-0.1, -0.05) is 97.1 Å². The lowest BCUT2D eigenvalue weighted by Gasteiger charge is -2.25. The fourth-order valence-corrected chi connectivity index (χ4v) is 5.07. The zero-order valence-corrected chi connectivity index (χ0v) is 24.3. The second-order valence-corrected chi connectivity index (χ2v) is 10.5. The van der Waals surface area contributed by atoms with Crippen LogP contribution in [-0.4, -0.2) is 4.92 Å². The number of aryl methyl sites for hydroxylation is 1. The summed E-state index contributed by atoms with van der Waals surface area (Å²) in [5, 5.41) is 12.1. The Morgan fingerprint density at radius 3 is 1.86 bits per heavy atom. The van der Waals surface area contributed by atoms with Crippen LogP contribution in [0.3, 0.4) is 0 Å². The normalized spacial score (nSPS) is 12.2. The lowest BCUT2D eigenvalue weighted by atomic mass is 9.99. The molecule has 0 saturated carbocycles. The van der Waals surface area contributed by atoms with Gasteiger partial charge in [-0.05, 0) is 41.3 Å². The molecule has 0 aromatic heterocycles. The summed E-state index contributed by atoms with van der Waals surface area (Å²) in [7, 11) is 0. The summed E-state index contributed by atoms with van der Waals surface area (Å²) in [6.07, 6.45) is 0.324. The number of nitro groups is 1. The number of nitro benzene ring substituents is 1. The van der Waals surface area contributed by atoms with Gasteiger partial charge in [0.25, 0.3) is 0 Å². The highest BCUT2D eigenvalue weighted by molar-refractivity contribution is 5.74. The number of rotatable bonds is 11. The lowest BCUT2D eigenvalue weighted by Crippen LogP contribution is -2.15. The van der Waals surface area contributed by atoms with Crippen molar-refractivity contribution in [2.75, 3.05) is 0 Å². The molecule has 1 aliphatic heterocycles. The largest absolute Gasteiger partial charge is 0.489 e. The van der Waals surface area contributed by atoms with Crippen LogP contribution in [-0.2, 0) is 31.0 Å². The highest BCUT2D eigenvalue weighted by atomic mass is 16.6. The van der Waals surface area contributed by atoms with Crippen LogP contribution in [0.4, 0.5) is 5.69 Å². The standard InChI is InChI=1S/C37H31NO6/c1-26-19-30-21-35(43-25-29-15-9-4-10-16-29)37(44-36(30)33(20-26)38(39)40)32-18-17-31(41-23-27-11-5-2-6-12-27)22-34(32)42-24-28-13-7-3-8-14-28/h2-20,22H,21,23-25H2,1H3. The quantitative estimate of drug-likeness (QED) is 0.114. The summed E-state index contributed by atoms with van der Waals surface area (Å²) in [5.74, 6) is 2.27. The Balaban J connectivity index is 1.40. The van der Waals surface area contributed by atoms with Crippen LogP contribution in [0.1, 0.15) is 33.4 Å². The van der Waals surface area contributed by atoms with Crippen LogP contribution in [0.15, 0.2) is 127 Å². The molecular weight excluding hydrogens is 554 g/mol. The summed E-state index contributed by atoms with van der Waals surface area (Å²) in [6.45, 7) is 2.84.